The standard InChI is InChI=1S/C14H25N3O/c1-12(2)17-10-8-13(16-17)11-14(18)7-5-3-4-6-9-15/h8,10,12H,3-7,9,11,15H2,1-2H3. The number of rotatable bonds is 9. The van der Waals surface area contributed by atoms with E-state index in [1.807, 2.05) is 16.9 Å². The van der Waals surface area contributed by atoms with Crippen LogP contribution in [0.15, 0.2) is 12.3 Å². The number of nitrogens with zero attached hydrogens (tertiary/aromatic N) is 2. The molecule has 1 aromatic rings. The van der Waals surface area contributed by atoms with Crippen LogP contribution in [0.1, 0.15) is 57.7 Å². The van der Waals surface area contributed by atoms with Crippen LogP contribution in [-0.4, -0.2) is 22.1 Å². The summed E-state index contributed by atoms with van der Waals surface area (Å²) in [7, 11) is 0. The highest BCUT2D eigenvalue weighted by molar-refractivity contribution is 5.80. The molecule has 18 heavy (non-hydrogen) atoms. The molecule has 0 aliphatic heterocycles. The van der Waals surface area contributed by atoms with Crippen LogP contribution in [0, 0.1) is 0 Å². The van der Waals surface area contributed by atoms with Crippen molar-refractivity contribution in [2.24, 2.45) is 5.73 Å². The Hall–Kier alpha value is -1.16. The van der Waals surface area contributed by atoms with E-state index >= 15 is 0 Å². The lowest BCUT2D eigenvalue weighted by Crippen LogP contribution is -2.06. The number of carbonyl (C=O) groups excluding carboxylic acids is 1. The van der Waals surface area contributed by atoms with Gasteiger partial charge in [-0.05, 0) is 39.3 Å². The van der Waals surface area contributed by atoms with E-state index in [0.29, 0.717) is 18.9 Å². The molecule has 2 N–H and O–H groups in total. The first-order valence-electron chi connectivity index (χ1n) is 6.89. The number of hydrogen-bond donors (Lipinski definition) is 1. The van der Waals surface area contributed by atoms with Crippen LogP contribution in [0.3, 0.4) is 0 Å². The summed E-state index contributed by atoms with van der Waals surface area (Å²) in [6.07, 6.45) is 7.34. The minimum absolute atomic E-state index is 0.289. The van der Waals surface area contributed by atoms with Gasteiger partial charge in [0.15, 0.2) is 0 Å². The zero-order valence-electron chi connectivity index (χ0n) is 11.6. The molecule has 102 valence electrons. The molecule has 4 nitrogen and oxygen atoms in total. The maximum Gasteiger partial charge on any atom is 0.138 e. The second-order valence-corrected chi connectivity index (χ2v) is 5.05. The fraction of sp³-hybridized carbons (Fsp3) is 0.714. The Balaban J connectivity index is 2.22. The van der Waals surface area contributed by atoms with Gasteiger partial charge in [0.2, 0.25) is 0 Å². The van der Waals surface area contributed by atoms with Gasteiger partial charge >= 0.3 is 0 Å². The van der Waals surface area contributed by atoms with Crippen molar-refractivity contribution in [2.75, 3.05) is 6.54 Å². The van der Waals surface area contributed by atoms with Gasteiger partial charge in [-0.1, -0.05) is 12.8 Å². The van der Waals surface area contributed by atoms with Crippen molar-refractivity contribution >= 4 is 5.78 Å². The van der Waals surface area contributed by atoms with Crippen LogP contribution in [0.5, 0.6) is 0 Å². The number of ketones is 1. The third-order valence-electron chi connectivity index (χ3n) is 2.98. The Labute approximate surface area is 110 Å². The molecule has 0 saturated heterocycles. The van der Waals surface area contributed by atoms with Crippen molar-refractivity contribution in [3.05, 3.63) is 18.0 Å². The quantitative estimate of drug-likeness (QED) is 0.686. The Morgan fingerprint density at radius 1 is 1.33 bits per heavy atom. The molecule has 4 heteroatoms. The molecular formula is C14H25N3O. The van der Waals surface area contributed by atoms with Gasteiger partial charge in [-0.15, -0.1) is 0 Å². The maximum absolute atomic E-state index is 11.8. The van der Waals surface area contributed by atoms with Crippen LogP contribution < -0.4 is 5.73 Å². The molecule has 0 amide bonds. The number of nitrogens with two attached hydrogens (primary N) is 1. The average molecular weight is 251 g/mol. The second kappa shape index (κ2) is 8.03. The molecule has 1 heterocycles. The topological polar surface area (TPSA) is 60.9 Å². The number of carbonyl (C=O) groups is 1. The molecule has 0 atom stereocenters. The molecule has 0 saturated carbocycles. The normalized spacial score (nSPS) is 11.1. The minimum Gasteiger partial charge on any atom is -0.330 e. The summed E-state index contributed by atoms with van der Waals surface area (Å²) in [5, 5.41) is 4.39. The molecule has 1 aromatic heterocycles. The molecule has 0 aliphatic rings. The summed E-state index contributed by atoms with van der Waals surface area (Å²) in [4.78, 5) is 11.8. The Morgan fingerprint density at radius 2 is 2.06 bits per heavy atom. The predicted octanol–water partition coefficient (Wildman–Crippen LogP) is 2.48. The largest absolute Gasteiger partial charge is 0.330 e. The maximum atomic E-state index is 11.8. The molecule has 0 aliphatic carbocycles. The van der Waals surface area contributed by atoms with E-state index < -0.39 is 0 Å². The van der Waals surface area contributed by atoms with E-state index in [2.05, 4.69) is 18.9 Å². The smallest absolute Gasteiger partial charge is 0.138 e. The van der Waals surface area contributed by atoms with E-state index in [-0.39, 0.29) is 5.78 Å². The minimum atomic E-state index is 0.289. The number of unbranched alkanes of at least 4 members (excludes halogenated alkanes) is 3. The van der Waals surface area contributed by atoms with Crippen molar-refractivity contribution < 1.29 is 4.79 Å². The van der Waals surface area contributed by atoms with Crippen LogP contribution in [0.25, 0.3) is 0 Å². The van der Waals surface area contributed by atoms with Gasteiger partial charge in [0.1, 0.15) is 5.78 Å². The summed E-state index contributed by atoms with van der Waals surface area (Å²) < 4.78 is 1.89. The fourth-order valence-corrected chi connectivity index (χ4v) is 1.87. The summed E-state index contributed by atoms with van der Waals surface area (Å²) >= 11 is 0. The summed E-state index contributed by atoms with van der Waals surface area (Å²) in [5.41, 5.74) is 6.31. The van der Waals surface area contributed by atoms with Crippen LogP contribution in [0.2, 0.25) is 0 Å². The molecule has 1 rings (SSSR count). The zero-order chi connectivity index (χ0) is 13.4. The van der Waals surface area contributed by atoms with E-state index in [1.54, 1.807) is 0 Å². The second-order valence-electron chi connectivity index (χ2n) is 5.05. The molecule has 0 radical (unpaired) electrons. The van der Waals surface area contributed by atoms with Gasteiger partial charge in [0, 0.05) is 18.7 Å². The Kier molecular flexibility index (Phi) is 6.65. The first kappa shape index (κ1) is 14.9. The van der Waals surface area contributed by atoms with Crippen molar-refractivity contribution in [3.8, 4) is 0 Å². The summed E-state index contributed by atoms with van der Waals surface area (Å²) in [6, 6.07) is 2.29. The molecule has 0 spiro atoms. The van der Waals surface area contributed by atoms with Gasteiger partial charge < -0.3 is 5.73 Å². The monoisotopic (exact) mass is 251 g/mol. The van der Waals surface area contributed by atoms with Crippen LogP contribution >= 0.6 is 0 Å². The number of hydrogen-bond acceptors (Lipinski definition) is 3. The van der Waals surface area contributed by atoms with E-state index in [0.717, 1.165) is 37.9 Å². The molecule has 0 fully saturated rings. The third kappa shape index (κ3) is 5.45. The first-order chi connectivity index (χ1) is 8.63. The zero-order valence-corrected chi connectivity index (χ0v) is 11.6. The molecular weight excluding hydrogens is 226 g/mol. The molecule has 0 aromatic carbocycles. The van der Waals surface area contributed by atoms with Crippen molar-refractivity contribution in [3.63, 3.8) is 0 Å². The lowest BCUT2D eigenvalue weighted by molar-refractivity contribution is -0.118. The van der Waals surface area contributed by atoms with Crippen LogP contribution in [0.4, 0.5) is 0 Å². The fourth-order valence-electron chi connectivity index (χ4n) is 1.87. The SMILES string of the molecule is CC(C)n1ccc(CC(=O)CCCCCCN)n1. The highest BCUT2D eigenvalue weighted by Gasteiger charge is 2.07. The van der Waals surface area contributed by atoms with E-state index in [9.17, 15) is 4.79 Å². The lowest BCUT2D eigenvalue weighted by Gasteiger charge is -2.03. The van der Waals surface area contributed by atoms with Gasteiger partial charge in [-0.25, -0.2) is 0 Å². The van der Waals surface area contributed by atoms with Gasteiger partial charge in [0.25, 0.3) is 0 Å². The van der Waals surface area contributed by atoms with Crippen molar-refractivity contribution in [1.82, 2.24) is 9.78 Å². The average Bonchev–Trinajstić information content (AvgIpc) is 2.77. The lowest BCUT2D eigenvalue weighted by atomic mass is 10.1. The van der Waals surface area contributed by atoms with Gasteiger partial charge in [0.05, 0.1) is 12.1 Å². The molecule has 0 unspecified atom stereocenters. The Bertz CT molecular complexity index is 358. The number of aromatic nitrogens is 2. The number of Topliss-reactive ketones (excluding diaryl/α,β-unsaturated/α-hetero) is 1. The molecule has 0 bridgehead atoms. The summed E-state index contributed by atoms with van der Waals surface area (Å²) in [5.74, 6) is 0.289. The summed E-state index contributed by atoms with van der Waals surface area (Å²) in [6.45, 7) is 4.91. The van der Waals surface area contributed by atoms with Crippen LogP contribution in [-0.2, 0) is 11.2 Å². The highest BCUT2D eigenvalue weighted by atomic mass is 16.1. The Morgan fingerprint density at radius 3 is 2.67 bits per heavy atom. The van der Waals surface area contributed by atoms with Crippen molar-refractivity contribution in [1.29, 1.82) is 0 Å². The van der Waals surface area contributed by atoms with Gasteiger partial charge in [-0.3, -0.25) is 9.48 Å². The van der Waals surface area contributed by atoms with E-state index in [1.165, 1.54) is 0 Å². The highest BCUT2D eigenvalue weighted by Crippen LogP contribution is 2.08. The third-order valence-corrected chi connectivity index (χ3v) is 2.98. The first-order valence-corrected chi connectivity index (χ1v) is 6.89. The van der Waals surface area contributed by atoms with Gasteiger partial charge in [-0.2, -0.15) is 5.10 Å². The van der Waals surface area contributed by atoms with E-state index in [4.69, 9.17) is 5.73 Å². The predicted molar refractivity (Wildman–Crippen MR) is 73.5 cm³/mol. The van der Waals surface area contributed by atoms with Crippen molar-refractivity contribution in [2.45, 2.75) is 58.4 Å².